The molecule has 1 aromatic carbocycles. The van der Waals surface area contributed by atoms with Crippen LogP contribution in [0.4, 0.5) is 0 Å². The molecule has 2 fully saturated rings. The van der Waals surface area contributed by atoms with Crippen molar-refractivity contribution in [1.82, 2.24) is 9.88 Å². The molecule has 2 saturated heterocycles. The van der Waals surface area contributed by atoms with Gasteiger partial charge < -0.3 is 9.15 Å². The molecule has 5 heteroatoms. The number of hydrogen-bond acceptors (Lipinski definition) is 5. The second-order valence-electron chi connectivity index (χ2n) is 5.83. The number of piperidine rings is 1. The third-order valence-electron chi connectivity index (χ3n) is 4.46. The smallest absolute Gasteiger partial charge is 0.323 e. The van der Waals surface area contributed by atoms with E-state index in [0.717, 1.165) is 49.3 Å². The van der Waals surface area contributed by atoms with Gasteiger partial charge in [-0.15, -0.1) is 0 Å². The summed E-state index contributed by atoms with van der Waals surface area (Å²) in [6.45, 7) is 2.33. The number of carbonyl (C=O) groups excluding carboxylic acids is 1. The number of esters is 1. The van der Waals surface area contributed by atoms with Crippen LogP contribution in [0.5, 0.6) is 0 Å². The van der Waals surface area contributed by atoms with Crippen LogP contribution in [0, 0.1) is 0 Å². The van der Waals surface area contributed by atoms with Gasteiger partial charge in [-0.05, 0) is 31.5 Å². The van der Waals surface area contributed by atoms with Crippen LogP contribution in [-0.2, 0) is 9.53 Å². The van der Waals surface area contributed by atoms with E-state index in [1.807, 2.05) is 24.3 Å². The number of benzene rings is 1. The number of carbonyl (C=O) groups is 1. The van der Waals surface area contributed by atoms with Crippen molar-refractivity contribution in [2.75, 3.05) is 19.7 Å². The van der Waals surface area contributed by atoms with Gasteiger partial charge in [-0.2, -0.15) is 0 Å². The Morgan fingerprint density at radius 3 is 2.95 bits per heavy atom. The molecule has 0 spiro atoms. The Balaban J connectivity index is 1.56. The van der Waals surface area contributed by atoms with E-state index in [1.54, 1.807) is 0 Å². The van der Waals surface area contributed by atoms with Crippen molar-refractivity contribution in [3.05, 3.63) is 30.2 Å². The SMILES string of the molecule is O=C1OCC[C@H]1N1CCC[C@@H](c2nc3ccccc3o2)C1. The first-order valence-electron chi connectivity index (χ1n) is 7.57. The van der Waals surface area contributed by atoms with Crippen LogP contribution in [0.1, 0.15) is 31.1 Å². The number of cyclic esters (lactones) is 1. The van der Waals surface area contributed by atoms with E-state index in [4.69, 9.17) is 9.15 Å². The third kappa shape index (κ3) is 2.31. The van der Waals surface area contributed by atoms with Crippen molar-refractivity contribution in [2.24, 2.45) is 0 Å². The molecular weight excluding hydrogens is 268 g/mol. The Hall–Kier alpha value is -1.88. The number of fused-ring (bicyclic) bond motifs is 1. The molecule has 2 atom stereocenters. The number of para-hydroxylation sites is 2. The molecule has 0 aliphatic carbocycles. The van der Waals surface area contributed by atoms with E-state index in [2.05, 4.69) is 9.88 Å². The Morgan fingerprint density at radius 2 is 2.14 bits per heavy atom. The Morgan fingerprint density at radius 1 is 1.24 bits per heavy atom. The van der Waals surface area contributed by atoms with Crippen molar-refractivity contribution in [1.29, 1.82) is 0 Å². The molecule has 2 aliphatic rings. The predicted octanol–water partition coefficient (Wildman–Crippen LogP) is 2.32. The first-order valence-corrected chi connectivity index (χ1v) is 7.57. The number of aromatic nitrogens is 1. The molecule has 110 valence electrons. The Bertz CT molecular complexity index is 633. The average Bonchev–Trinajstić information content (AvgIpc) is 3.13. The van der Waals surface area contributed by atoms with Crippen LogP contribution in [0.3, 0.4) is 0 Å². The van der Waals surface area contributed by atoms with E-state index in [0.29, 0.717) is 6.61 Å². The molecule has 0 radical (unpaired) electrons. The van der Waals surface area contributed by atoms with Gasteiger partial charge >= 0.3 is 5.97 Å². The largest absolute Gasteiger partial charge is 0.464 e. The monoisotopic (exact) mass is 286 g/mol. The lowest BCUT2D eigenvalue weighted by Crippen LogP contribution is -2.44. The van der Waals surface area contributed by atoms with E-state index in [9.17, 15) is 4.79 Å². The minimum atomic E-state index is -0.0757. The molecule has 0 bridgehead atoms. The van der Waals surface area contributed by atoms with Crippen LogP contribution >= 0.6 is 0 Å². The van der Waals surface area contributed by atoms with Crippen LogP contribution in [0.15, 0.2) is 28.7 Å². The van der Waals surface area contributed by atoms with Gasteiger partial charge in [0.25, 0.3) is 0 Å². The Kier molecular flexibility index (Phi) is 3.15. The van der Waals surface area contributed by atoms with Gasteiger partial charge in [0.05, 0.1) is 6.61 Å². The van der Waals surface area contributed by atoms with Crippen molar-refractivity contribution < 1.29 is 13.9 Å². The summed E-state index contributed by atoms with van der Waals surface area (Å²) < 4.78 is 11.0. The van der Waals surface area contributed by atoms with Crippen LogP contribution in [0.2, 0.25) is 0 Å². The fraction of sp³-hybridized carbons (Fsp3) is 0.500. The molecule has 3 heterocycles. The molecule has 1 aromatic heterocycles. The van der Waals surface area contributed by atoms with Crippen LogP contribution in [-0.4, -0.2) is 41.6 Å². The maximum absolute atomic E-state index is 11.8. The molecule has 0 unspecified atom stereocenters. The van der Waals surface area contributed by atoms with E-state index in [-0.39, 0.29) is 17.9 Å². The van der Waals surface area contributed by atoms with Gasteiger partial charge in [0.15, 0.2) is 11.5 Å². The minimum Gasteiger partial charge on any atom is -0.464 e. The Labute approximate surface area is 122 Å². The van der Waals surface area contributed by atoms with E-state index in [1.165, 1.54) is 0 Å². The molecule has 5 nitrogen and oxygen atoms in total. The highest BCUT2D eigenvalue weighted by Crippen LogP contribution is 2.31. The summed E-state index contributed by atoms with van der Waals surface area (Å²) >= 11 is 0. The molecule has 2 aliphatic heterocycles. The van der Waals surface area contributed by atoms with Crippen molar-refractivity contribution in [3.63, 3.8) is 0 Å². The lowest BCUT2D eigenvalue weighted by atomic mass is 9.96. The lowest BCUT2D eigenvalue weighted by molar-refractivity contribution is -0.142. The second-order valence-corrected chi connectivity index (χ2v) is 5.83. The van der Waals surface area contributed by atoms with Crippen LogP contribution in [0.25, 0.3) is 11.1 Å². The van der Waals surface area contributed by atoms with Gasteiger partial charge in [0.1, 0.15) is 11.6 Å². The topological polar surface area (TPSA) is 55.6 Å². The average molecular weight is 286 g/mol. The summed E-state index contributed by atoms with van der Waals surface area (Å²) in [5, 5.41) is 0. The number of likely N-dealkylation sites (tertiary alicyclic amines) is 1. The summed E-state index contributed by atoms with van der Waals surface area (Å²) in [4.78, 5) is 18.6. The zero-order chi connectivity index (χ0) is 14.2. The molecule has 0 N–H and O–H groups in total. The summed E-state index contributed by atoms with van der Waals surface area (Å²) in [6.07, 6.45) is 2.93. The van der Waals surface area contributed by atoms with Crippen molar-refractivity contribution >= 4 is 17.1 Å². The van der Waals surface area contributed by atoms with Gasteiger partial charge in [-0.1, -0.05) is 12.1 Å². The third-order valence-corrected chi connectivity index (χ3v) is 4.46. The minimum absolute atomic E-state index is 0.0721. The first-order chi connectivity index (χ1) is 10.3. The fourth-order valence-corrected chi connectivity index (χ4v) is 3.37. The highest BCUT2D eigenvalue weighted by atomic mass is 16.5. The molecule has 21 heavy (non-hydrogen) atoms. The van der Waals surface area contributed by atoms with Gasteiger partial charge in [-0.3, -0.25) is 9.69 Å². The van der Waals surface area contributed by atoms with E-state index >= 15 is 0 Å². The zero-order valence-corrected chi connectivity index (χ0v) is 11.8. The van der Waals surface area contributed by atoms with Gasteiger partial charge in [0, 0.05) is 18.9 Å². The van der Waals surface area contributed by atoms with Crippen LogP contribution < -0.4 is 0 Å². The maximum atomic E-state index is 11.8. The van der Waals surface area contributed by atoms with Gasteiger partial charge in [-0.25, -0.2) is 4.98 Å². The molecule has 0 saturated carbocycles. The molecule has 0 amide bonds. The normalized spacial score (nSPS) is 27.1. The number of hydrogen-bond donors (Lipinski definition) is 0. The molecule has 2 aromatic rings. The number of oxazole rings is 1. The second kappa shape index (κ2) is 5.15. The van der Waals surface area contributed by atoms with Gasteiger partial charge in [0.2, 0.25) is 0 Å². The lowest BCUT2D eigenvalue weighted by Gasteiger charge is -2.33. The summed E-state index contributed by atoms with van der Waals surface area (Å²) in [5.41, 5.74) is 1.75. The van der Waals surface area contributed by atoms with E-state index < -0.39 is 0 Å². The highest BCUT2D eigenvalue weighted by Gasteiger charge is 2.36. The summed E-state index contributed by atoms with van der Waals surface area (Å²) in [5.74, 6) is 0.986. The quantitative estimate of drug-likeness (QED) is 0.793. The fourth-order valence-electron chi connectivity index (χ4n) is 3.37. The standard InChI is InChI=1S/C16H18N2O3/c19-16-13(7-9-20-16)18-8-3-4-11(10-18)15-17-12-5-1-2-6-14(12)21-15/h1-2,5-6,11,13H,3-4,7-10H2/t11-,13-/m1/s1. The summed E-state index contributed by atoms with van der Waals surface area (Å²) in [7, 11) is 0. The first kappa shape index (κ1) is 12.8. The predicted molar refractivity (Wildman–Crippen MR) is 76.9 cm³/mol. The molecule has 4 rings (SSSR count). The number of ether oxygens (including phenoxy) is 1. The number of nitrogens with zero attached hydrogens (tertiary/aromatic N) is 2. The number of rotatable bonds is 2. The maximum Gasteiger partial charge on any atom is 0.323 e. The highest BCUT2D eigenvalue weighted by molar-refractivity contribution is 5.77. The van der Waals surface area contributed by atoms with Crippen molar-refractivity contribution in [3.8, 4) is 0 Å². The summed E-state index contributed by atoms with van der Waals surface area (Å²) in [6, 6.07) is 7.77. The zero-order valence-electron chi connectivity index (χ0n) is 11.8. The van der Waals surface area contributed by atoms with Crippen molar-refractivity contribution in [2.45, 2.75) is 31.2 Å². The molecular formula is C16H18N2O3.